The van der Waals surface area contributed by atoms with Crippen LogP contribution in [0, 0.1) is 5.41 Å². The molecule has 0 N–H and O–H groups in total. The number of methoxy groups -OCH3 is 1. The van der Waals surface area contributed by atoms with Crippen molar-refractivity contribution in [1.82, 2.24) is 4.90 Å². The Balaban J connectivity index is 2.63. The fraction of sp³-hybridized carbons (Fsp3) is 0.900. The predicted octanol–water partition coefficient (Wildman–Crippen LogP) is 1.28. The number of likely N-dealkylation sites (tertiary alicyclic amines) is 1. The largest absolute Gasteiger partial charge is 0.375 e. The minimum absolute atomic E-state index is 0.0391. The summed E-state index contributed by atoms with van der Waals surface area (Å²) >= 11 is 0. The van der Waals surface area contributed by atoms with Crippen LogP contribution < -0.4 is 0 Å². The van der Waals surface area contributed by atoms with Crippen LogP contribution >= 0.6 is 0 Å². The van der Waals surface area contributed by atoms with Crippen LogP contribution in [-0.4, -0.2) is 36.6 Å². The van der Waals surface area contributed by atoms with Crippen molar-refractivity contribution < 1.29 is 9.53 Å². The summed E-state index contributed by atoms with van der Waals surface area (Å²) < 4.78 is 4.83. The molecule has 13 heavy (non-hydrogen) atoms. The number of carbonyl (C=O) groups excluding carboxylic acids is 1. The van der Waals surface area contributed by atoms with Gasteiger partial charge in [0, 0.05) is 24.6 Å². The van der Waals surface area contributed by atoms with Crippen molar-refractivity contribution in [2.75, 3.05) is 20.3 Å². The molecule has 1 aliphatic rings. The molecule has 0 spiro atoms. The maximum absolute atomic E-state index is 11.5. The summed E-state index contributed by atoms with van der Waals surface area (Å²) in [6, 6.07) is 0. The van der Waals surface area contributed by atoms with Gasteiger partial charge in [0.2, 0.25) is 5.91 Å². The fourth-order valence-electron chi connectivity index (χ4n) is 1.66. The van der Waals surface area contributed by atoms with Crippen molar-refractivity contribution in [3.05, 3.63) is 0 Å². The molecule has 1 fully saturated rings. The van der Waals surface area contributed by atoms with E-state index in [9.17, 15) is 4.79 Å². The Hall–Kier alpha value is -0.570. The molecule has 1 saturated heterocycles. The zero-order chi connectivity index (χ0) is 10.3. The van der Waals surface area contributed by atoms with Crippen LogP contribution in [0.3, 0.4) is 0 Å². The van der Waals surface area contributed by atoms with Gasteiger partial charge in [-0.1, -0.05) is 13.8 Å². The highest BCUT2D eigenvalue weighted by molar-refractivity contribution is 5.79. The zero-order valence-electron chi connectivity index (χ0n) is 9.18. The molecule has 1 rings (SSSR count). The van der Waals surface area contributed by atoms with E-state index in [4.69, 9.17) is 4.74 Å². The lowest BCUT2D eigenvalue weighted by molar-refractivity contribution is -0.170. The van der Waals surface area contributed by atoms with Crippen LogP contribution in [0.1, 0.15) is 27.7 Å². The Labute approximate surface area is 80.1 Å². The van der Waals surface area contributed by atoms with Crippen molar-refractivity contribution in [2.24, 2.45) is 5.41 Å². The molecule has 3 nitrogen and oxygen atoms in total. The molecule has 0 aliphatic carbocycles. The highest BCUT2D eigenvalue weighted by Gasteiger charge is 2.54. The quantitative estimate of drug-likeness (QED) is 0.648. The van der Waals surface area contributed by atoms with E-state index < -0.39 is 0 Å². The molecule has 0 atom stereocenters. The van der Waals surface area contributed by atoms with Crippen molar-refractivity contribution in [2.45, 2.75) is 33.2 Å². The molecule has 0 bridgehead atoms. The monoisotopic (exact) mass is 185 g/mol. The molecule has 0 aromatic rings. The highest BCUT2D eigenvalue weighted by Crippen LogP contribution is 2.46. The van der Waals surface area contributed by atoms with Gasteiger partial charge < -0.3 is 9.64 Å². The van der Waals surface area contributed by atoms with E-state index in [0.29, 0.717) is 0 Å². The summed E-state index contributed by atoms with van der Waals surface area (Å²) in [6.07, 6.45) is 0. The van der Waals surface area contributed by atoms with E-state index in [1.54, 1.807) is 7.11 Å². The molecule has 0 saturated carbocycles. The van der Waals surface area contributed by atoms with E-state index >= 15 is 0 Å². The van der Waals surface area contributed by atoms with Crippen LogP contribution in [0.2, 0.25) is 0 Å². The number of hydrogen-bond acceptors (Lipinski definition) is 2. The Morgan fingerprint density at radius 2 is 1.92 bits per heavy atom. The first-order chi connectivity index (χ1) is 5.83. The van der Waals surface area contributed by atoms with Crippen molar-refractivity contribution in [1.29, 1.82) is 0 Å². The minimum Gasteiger partial charge on any atom is -0.375 e. The van der Waals surface area contributed by atoms with Gasteiger partial charge in [-0.05, 0) is 13.8 Å². The van der Waals surface area contributed by atoms with Gasteiger partial charge in [-0.25, -0.2) is 0 Å². The second kappa shape index (κ2) is 2.98. The van der Waals surface area contributed by atoms with Crippen LogP contribution in [0.25, 0.3) is 0 Å². The van der Waals surface area contributed by atoms with Crippen molar-refractivity contribution in [3.8, 4) is 0 Å². The number of nitrogens with zero attached hydrogens (tertiary/aromatic N) is 1. The van der Waals surface area contributed by atoms with Crippen LogP contribution in [-0.2, 0) is 9.53 Å². The van der Waals surface area contributed by atoms with Crippen LogP contribution in [0.4, 0.5) is 0 Å². The lowest BCUT2D eigenvalue weighted by Crippen LogP contribution is -2.71. The second-order valence-corrected chi connectivity index (χ2v) is 4.86. The second-order valence-electron chi connectivity index (χ2n) is 4.86. The van der Waals surface area contributed by atoms with Gasteiger partial charge >= 0.3 is 0 Å². The number of ether oxygens (including phenoxy) is 1. The van der Waals surface area contributed by atoms with Gasteiger partial charge in [-0.15, -0.1) is 0 Å². The van der Waals surface area contributed by atoms with E-state index in [-0.39, 0.29) is 23.5 Å². The average Bonchev–Trinajstić information content (AvgIpc) is 2.00. The molecule has 1 amide bonds. The summed E-state index contributed by atoms with van der Waals surface area (Å²) in [5.41, 5.74) is 0.180. The van der Waals surface area contributed by atoms with Gasteiger partial charge in [0.1, 0.15) is 6.61 Å². The van der Waals surface area contributed by atoms with Gasteiger partial charge in [-0.3, -0.25) is 4.79 Å². The first-order valence-electron chi connectivity index (χ1n) is 4.62. The number of rotatable bonds is 2. The summed E-state index contributed by atoms with van der Waals surface area (Å²) in [5, 5.41) is 0. The highest BCUT2D eigenvalue weighted by atomic mass is 16.5. The maximum atomic E-state index is 11.5. The Kier molecular flexibility index (Phi) is 2.41. The lowest BCUT2D eigenvalue weighted by atomic mass is 9.65. The Morgan fingerprint density at radius 1 is 1.38 bits per heavy atom. The minimum atomic E-state index is -0.0391. The third-order valence-corrected chi connectivity index (χ3v) is 3.45. The van der Waals surface area contributed by atoms with Gasteiger partial charge in [0.05, 0.1) is 0 Å². The summed E-state index contributed by atoms with van der Waals surface area (Å²) in [6.45, 7) is 9.60. The van der Waals surface area contributed by atoms with Gasteiger partial charge in [0.25, 0.3) is 0 Å². The van der Waals surface area contributed by atoms with Crippen LogP contribution in [0.15, 0.2) is 0 Å². The maximum Gasteiger partial charge on any atom is 0.249 e. The number of amides is 1. The first kappa shape index (κ1) is 10.5. The standard InChI is InChI=1S/C10H19NO2/c1-9(2)7-11(10(9,3)4)8(12)6-13-5/h6-7H2,1-5H3. The van der Waals surface area contributed by atoms with Gasteiger partial charge in [-0.2, -0.15) is 0 Å². The first-order valence-corrected chi connectivity index (χ1v) is 4.62. The number of hydrogen-bond donors (Lipinski definition) is 0. The molecule has 1 aliphatic heterocycles. The van der Waals surface area contributed by atoms with Gasteiger partial charge in [0.15, 0.2) is 0 Å². The molecule has 76 valence electrons. The van der Waals surface area contributed by atoms with E-state index in [2.05, 4.69) is 27.7 Å². The third kappa shape index (κ3) is 1.46. The van der Waals surface area contributed by atoms with E-state index in [1.165, 1.54) is 0 Å². The molecule has 0 unspecified atom stereocenters. The number of carbonyl (C=O) groups is 1. The van der Waals surface area contributed by atoms with Crippen LogP contribution in [0.5, 0.6) is 0 Å². The molecule has 0 aromatic heterocycles. The molecule has 0 aromatic carbocycles. The molecular formula is C10H19NO2. The topological polar surface area (TPSA) is 29.5 Å². The molecule has 3 heteroatoms. The third-order valence-electron chi connectivity index (χ3n) is 3.45. The van der Waals surface area contributed by atoms with Crippen molar-refractivity contribution in [3.63, 3.8) is 0 Å². The van der Waals surface area contributed by atoms with E-state index in [1.807, 2.05) is 4.90 Å². The zero-order valence-corrected chi connectivity index (χ0v) is 9.18. The lowest BCUT2D eigenvalue weighted by Gasteiger charge is -2.61. The SMILES string of the molecule is COCC(=O)N1CC(C)(C)C1(C)C. The fourth-order valence-corrected chi connectivity index (χ4v) is 1.66. The normalized spacial score (nSPS) is 23.9. The predicted molar refractivity (Wildman–Crippen MR) is 51.4 cm³/mol. The summed E-state index contributed by atoms with van der Waals surface area (Å²) in [7, 11) is 1.55. The Bertz CT molecular complexity index is 221. The summed E-state index contributed by atoms with van der Waals surface area (Å²) in [4.78, 5) is 13.4. The molecular weight excluding hydrogens is 166 g/mol. The summed E-state index contributed by atoms with van der Waals surface area (Å²) in [5.74, 6) is 0.0897. The smallest absolute Gasteiger partial charge is 0.249 e. The molecule has 1 heterocycles. The Morgan fingerprint density at radius 3 is 2.23 bits per heavy atom. The molecule has 0 radical (unpaired) electrons. The van der Waals surface area contributed by atoms with Crippen molar-refractivity contribution >= 4 is 5.91 Å². The van der Waals surface area contributed by atoms with E-state index in [0.717, 1.165) is 6.54 Å². The average molecular weight is 185 g/mol.